The van der Waals surface area contributed by atoms with Crippen LogP contribution in [0.5, 0.6) is 5.75 Å². The standard InChI is InChI=1S/C26H34N2O4S/c1-4-32-26(30)18-12-14-28(15-13-18)24(19-8-7-9-20(16-19)31-3)23-21-10-5-6-11-22(21)33-25(23)27-17(2)29/h7-9,16,18,24H,4-6,10-15H2,1-3H3,(H,27,29)/t24-/m0/s1. The number of thiophene rings is 1. The highest BCUT2D eigenvalue weighted by molar-refractivity contribution is 7.16. The largest absolute Gasteiger partial charge is 0.497 e. The molecule has 0 radical (unpaired) electrons. The molecule has 2 aromatic rings. The number of esters is 1. The number of carbonyl (C=O) groups excluding carboxylic acids is 2. The van der Waals surface area contributed by atoms with Gasteiger partial charge in [0.15, 0.2) is 0 Å². The number of anilines is 1. The van der Waals surface area contributed by atoms with E-state index in [1.165, 1.54) is 28.8 Å². The molecule has 33 heavy (non-hydrogen) atoms. The first-order valence-corrected chi connectivity index (χ1v) is 12.8. The number of ether oxygens (including phenoxy) is 2. The lowest BCUT2D eigenvalue weighted by Gasteiger charge is -2.38. The van der Waals surface area contributed by atoms with E-state index in [-0.39, 0.29) is 23.8 Å². The molecule has 7 heteroatoms. The van der Waals surface area contributed by atoms with Crippen molar-refractivity contribution in [2.75, 3.05) is 32.1 Å². The van der Waals surface area contributed by atoms with Gasteiger partial charge in [0, 0.05) is 17.4 Å². The van der Waals surface area contributed by atoms with Crippen LogP contribution in [0.15, 0.2) is 24.3 Å². The molecule has 1 aliphatic carbocycles. The van der Waals surface area contributed by atoms with Gasteiger partial charge in [-0.1, -0.05) is 12.1 Å². The zero-order valence-electron chi connectivity index (χ0n) is 19.8. The number of hydrogen-bond acceptors (Lipinski definition) is 6. The van der Waals surface area contributed by atoms with Gasteiger partial charge in [-0.2, -0.15) is 0 Å². The van der Waals surface area contributed by atoms with Crippen LogP contribution in [0, 0.1) is 5.92 Å². The van der Waals surface area contributed by atoms with Crippen LogP contribution < -0.4 is 10.1 Å². The molecule has 2 aliphatic rings. The molecule has 4 rings (SSSR count). The molecule has 2 heterocycles. The first-order chi connectivity index (χ1) is 16.0. The molecule has 1 fully saturated rings. The summed E-state index contributed by atoms with van der Waals surface area (Å²) in [6.45, 7) is 5.46. The third kappa shape index (κ3) is 5.25. The van der Waals surface area contributed by atoms with Gasteiger partial charge < -0.3 is 14.8 Å². The minimum absolute atomic E-state index is 0.00296. The topological polar surface area (TPSA) is 67.9 Å². The van der Waals surface area contributed by atoms with Gasteiger partial charge in [0.25, 0.3) is 0 Å². The van der Waals surface area contributed by atoms with E-state index in [4.69, 9.17) is 9.47 Å². The summed E-state index contributed by atoms with van der Waals surface area (Å²) in [7, 11) is 1.69. The van der Waals surface area contributed by atoms with Crippen molar-refractivity contribution in [2.45, 2.75) is 58.4 Å². The van der Waals surface area contributed by atoms with Gasteiger partial charge in [-0.15, -0.1) is 11.3 Å². The van der Waals surface area contributed by atoms with Crippen molar-refractivity contribution in [3.05, 3.63) is 45.8 Å². The lowest BCUT2D eigenvalue weighted by atomic mass is 9.87. The van der Waals surface area contributed by atoms with Gasteiger partial charge in [-0.05, 0) is 81.8 Å². The van der Waals surface area contributed by atoms with Gasteiger partial charge in [0.05, 0.1) is 25.7 Å². The summed E-state index contributed by atoms with van der Waals surface area (Å²) in [6.07, 6.45) is 6.04. The Hall–Kier alpha value is -2.38. The fourth-order valence-corrected chi connectivity index (χ4v) is 6.53. The molecular formula is C26H34N2O4S. The van der Waals surface area contributed by atoms with Crippen LogP contribution in [0.4, 0.5) is 5.00 Å². The molecule has 0 spiro atoms. The molecule has 1 atom stereocenters. The van der Waals surface area contributed by atoms with Crippen molar-refractivity contribution < 1.29 is 19.1 Å². The number of methoxy groups -OCH3 is 1. The maximum atomic E-state index is 12.3. The van der Waals surface area contributed by atoms with Crippen molar-refractivity contribution in [1.29, 1.82) is 0 Å². The third-order valence-corrected chi connectivity index (χ3v) is 7.92. The molecule has 0 unspecified atom stereocenters. The smallest absolute Gasteiger partial charge is 0.309 e. The maximum absolute atomic E-state index is 12.3. The zero-order valence-corrected chi connectivity index (χ0v) is 20.6. The number of piperidine rings is 1. The van der Waals surface area contributed by atoms with Crippen molar-refractivity contribution in [3.63, 3.8) is 0 Å². The van der Waals surface area contributed by atoms with Crippen LogP contribution in [0.25, 0.3) is 0 Å². The highest BCUT2D eigenvalue weighted by atomic mass is 32.1. The second-order valence-corrected chi connectivity index (χ2v) is 9.98. The summed E-state index contributed by atoms with van der Waals surface area (Å²) in [5, 5.41) is 4.11. The Morgan fingerprint density at radius 2 is 1.97 bits per heavy atom. The molecule has 178 valence electrons. The normalized spacial score (nSPS) is 17.8. The molecule has 1 aromatic heterocycles. The van der Waals surface area contributed by atoms with E-state index < -0.39 is 0 Å². The van der Waals surface area contributed by atoms with E-state index in [1.54, 1.807) is 25.4 Å². The van der Waals surface area contributed by atoms with E-state index in [0.717, 1.165) is 55.1 Å². The molecule has 1 aromatic carbocycles. The van der Waals surface area contributed by atoms with Crippen LogP contribution in [-0.4, -0.2) is 43.6 Å². The fourth-order valence-electron chi connectivity index (χ4n) is 5.16. The number of carbonyl (C=O) groups is 2. The average Bonchev–Trinajstić information content (AvgIpc) is 3.17. The van der Waals surface area contributed by atoms with Gasteiger partial charge in [-0.3, -0.25) is 14.5 Å². The summed E-state index contributed by atoms with van der Waals surface area (Å²) in [5.41, 5.74) is 3.78. The lowest BCUT2D eigenvalue weighted by molar-refractivity contribution is -0.149. The number of amides is 1. The molecular weight excluding hydrogens is 436 g/mol. The first kappa shape index (κ1) is 23.8. The van der Waals surface area contributed by atoms with Crippen LogP contribution in [0.3, 0.4) is 0 Å². The number of rotatable bonds is 7. The Bertz CT molecular complexity index is 994. The van der Waals surface area contributed by atoms with Crippen molar-refractivity contribution >= 4 is 28.2 Å². The Kier molecular flexibility index (Phi) is 7.71. The quantitative estimate of drug-likeness (QED) is 0.580. The number of fused-ring (bicyclic) bond motifs is 1. The van der Waals surface area contributed by atoms with Gasteiger partial charge >= 0.3 is 5.97 Å². The fraction of sp³-hybridized carbons (Fsp3) is 0.538. The Balaban J connectivity index is 1.74. The predicted octanol–water partition coefficient (Wildman–Crippen LogP) is 4.96. The minimum atomic E-state index is -0.0815. The highest BCUT2D eigenvalue weighted by Crippen LogP contribution is 2.46. The maximum Gasteiger partial charge on any atom is 0.309 e. The summed E-state index contributed by atoms with van der Waals surface area (Å²) in [6, 6.07) is 8.25. The SMILES string of the molecule is CCOC(=O)C1CCN([C@@H](c2cccc(OC)c2)c2c(NC(C)=O)sc3c2CCCC3)CC1. The molecule has 1 N–H and O–H groups in total. The number of nitrogens with zero attached hydrogens (tertiary/aromatic N) is 1. The molecule has 1 amide bonds. The number of hydrogen-bond donors (Lipinski definition) is 1. The predicted molar refractivity (Wildman–Crippen MR) is 131 cm³/mol. The summed E-state index contributed by atoms with van der Waals surface area (Å²) >= 11 is 1.74. The van der Waals surface area contributed by atoms with Gasteiger partial charge in [0.2, 0.25) is 5.91 Å². The number of likely N-dealkylation sites (tertiary alicyclic amines) is 1. The molecule has 1 saturated heterocycles. The average molecular weight is 471 g/mol. The highest BCUT2D eigenvalue weighted by Gasteiger charge is 2.35. The molecule has 0 bridgehead atoms. The van der Waals surface area contributed by atoms with E-state index in [0.29, 0.717) is 6.61 Å². The van der Waals surface area contributed by atoms with Gasteiger partial charge in [0.1, 0.15) is 10.8 Å². The summed E-state index contributed by atoms with van der Waals surface area (Å²) in [5.74, 6) is 0.657. The first-order valence-electron chi connectivity index (χ1n) is 12.0. The van der Waals surface area contributed by atoms with E-state index >= 15 is 0 Å². The summed E-state index contributed by atoms with van der Waals surface area (Å²) in [4.78, 5) is 28.3. The second-order valence-electron chi connectivity index (χ2n) is 8.88. The van der Waals surface area contributed by atoms with E-state index in [9.17, 15) is 9.59 Å². The van der Waals surface area contributed by atoms with Crippen LogP contribution in [0.1, 0.15) is 67.1 Å². The second kappa shape index (κ2) is 10.7. The Labute approximate surface area is 200 Å². The third-order valence-electron chi connectivity index (χ3n) is 6.70. The zero-order chi connectivity index (χ0) is 23.4. The minimum Gasteiger partial charge on any atom is -0.497 e. The van der Waals surface area contributed by atoms with Crippen molar-refractivity contribution in [1.82, 2.24) is 4.90 Å². The Morgan fingerprint density at radius 3 is 2.67 bits per heavy atom. The van der Waals surface area contributed by atoms with E-state index in [2.05, 4.69) is 22.3 Å². The van der Waals surface area contributed by atoms with Gasteiger partial charge in [-0.25, -0.2) is 0 Å². The number of aryl methyl sites for hydroxylation is 1. The molecule has 6 nitrogen and oxygen atoms in total. The van der Waals surface area contributed by atoms with Crippen molar-refractivity contribution in [3.8, 4) is 5.75 Å². The monoisotopic (exact) mass is 470 g/mol. The lowest BCUT2D eigenvalue weighted by Crippen LogP contribution is -2.40. The van der Waals surface area contributed by atoms with Crippen molar-refractivity contribution in [2.24, 2.45) is 5.92 Å². The number of nitrogens with one attached hydrogen (secondary N) is 1. The molecule has 1 aliphatic heterocycles. The van der Waals surface area contributed by atoms with Crippen LogP contribution in [-0.2, 0) is 27.2 Å². The van der Waals surface area contributed by atoms with Crippen LogP contribution >= 0.6 is 11.3 Å². The Morgan fingerprint density at radius 1 is 1.21 bits per heavy atom. The molecule has 0 saturated carbocycles. The van der Waals surface area contributed by atoms with E-state index in [1.807, 2.05) is 19.1 Å². The number of benzene rings is 1. The summed E-state index contributed by atoms with van der Waals surface area (Å²) < 4.78 is 10.8. The van der Waals surface area contributed by atoms with Crippen LogP contribution in [0.2, 0.25) is 0 Å².